The number of benzene rings is 1. The normalized spacial score (nSPS) is 21.8. The Kier molecular flexibility index (Phi) is 11.1. The van der Waals surface area contributed by atoms with Gasteiger partial charge in [0.15, 0.2) is 0 Å². The minimum absolute atomic E-state index is 0.00979. The van der Waals surface area contributed by atoms with Gasteiger partial charge in [-0.1, -0.05) is 44.2 Å². The zero-order valence-electron chi connectivity index (χ0n) is 25.4. The van der Waals surface area contributed by atoms with Crippen LogP contribution < -0.4 is 10.6 Å². The molecule has 0 bridgehead atoms. The van der Waals surface area contributed by atoms with E-state index in [4.69, 9.17) is 9.47 Å². The first kappa shape index (κ1) is 32.7. The maximum atomic E-state index is 14.0. The second-order valence-corrected chi connectivity index (χ2v) is 12.6. The Balaban J connectivity index is 1.42. The molecule has 234 valence electrons. The maximum absolute atomic E-state index is 14.0. The lowest BCUT2D eigenvalue weighted by Gasteiger charge is -2.37. The van der Waals surface area contributed by atoms with Crippen LogP contribution in [0.1, 0.15) is 31.5 Å². The van der Waals surface area contributed by atoms with Crippen molar-refractivity contribution in [3.63, 3.8) is 0 Å². The number of nitrogens with one attached hydrogen (secondary N) is 2. The van der Waals surface area contributed by atoms with E-state index in [2.05, 4.69) is 27.1 Å². The topological polar surface area (TPSA) is 133 Å². The predicted octanol–water partition coefficient (Wildman–Crippen LogP) is 1.74. The van der Waals surface area contributed by atoms with Crippen LogP contribution >= 0.6 is 11.3 Å². The number of hydrogen-bond donors (Lipinski definition) is 3. The summed E-state index contributed by atoms with van der Waals surface area (Å²) in [7, 11) is 1.63. The molecule has 1 aromatic carbocycles. The van der Waals surface area contributed by atoms with E-state index in [1.54, 1.807) is 38.4 Å². The number of nitrogens with zero attached hydrogens (tertiary/aromatic N) is 3. The molecule has 0 radical (unpaired) electrons. The van der Waals surface area contributed by atoms with Crippen LogP contribution in [0.2, 0.25) is 0 Å². The number of likely N-dealkylation sites (tertiary alicyclic amines) is 1. The van der Waals surface area contributed by atoms with Gasteiger partial charge < -0.3 is 30.1 Å². The molecule has 3 heterocycles. The standard InChI is InChI=1S/C31H43N5O6S/c1-6-31(3,4)27(34-29(39)25-18-35(11-13-41-5)12-14-42-25)30(40)36-17-23(37)15-24(36)28(38)32-16-21-7-9-22(10-8-21)26-20(2)33-19-43-26/h6-10,19,23-25,27,37H,1,11-18H2,2-5H3,(H,32,38)(H,34,39). The minimum Gasteiger partial charge on any atom is -0.391 e. The number of ether oxygens (including phenoxy) is 2. The number of aliphatic hydroxyl groups excluding tert-OH is 1. The van der Waals surface area contributed by atoms with Crippen LogP contribution in [-0.2, 0) is 30.4 Å². The molecule has 12 heteroatoms. The fourth-order valence-corrected chi connectivity index (χ4v) is 6.15. The summed E-state index contributed by atoms with van der Waals surface area (Å²) in [6.45, 7) is 12.4. The molecule has 4 atom stereocenters. The quantitative estimate of drug-likeness (QED) is 0.309. The summed E-state index contributed by atoms with van der Waals surface area (Å²) in [6.07, 6.45) is 0.106. The second kappa shape index (κ2) is 14.5. The van der Waals surface area contributed by atoms with Crippen molar-refractivity contribution in [2.24, 2.45) is 5.41 Å². The Morgan fingerprint density at radius 2 is 2.00 bits per heavy atom. The number of aromatic nitrogens is 1. The van der Waals surface area contributed by atoms with Crippen molar-refractivity contribution < 1.29 is 29.0 Å². The van der Waals surface area contributed by atoms with Crippen molar-refractivity contribution in [3.05, 3.63) is 53.7 Å². The molecule has 4 rings (SSSR count). The predicted molar refractivity (Wildman–Crippen MR) is 164 cm³/mol. The number of aryl methyl sites for hydroxylation is 1. The van der Waals surface area contributed by atoms with E-state index < -0.39 is 41.5 Å². The first-order valence-corrected chi connectivity index (χ1v) is 15.4. The molecule has 1 aromatic heterocycles. The number of hydrogen-bond acceptors (Lipinski definition) is 9. The van der Waals surface area contributed by atoms with Gasteiger partial charge in [0.2, 0.25) is 11.8 Å². The Morgan fingerprint density at radius 1 is 1.26 bits per heavy atom. The molecule has 0 spiro atoms. The Morgan fingerprint density at radius 3 is 2.65 bits per heavy atom. The summed E-state index contributed by atoms with van der Waals surface area (Å²) < 4.78 is 10.9. The van der Waals surface area contributed by atoms with Gasteiger partial charge in [-0.3, -0.25) is 19.3 Å². The van der Waals surface area contributed by atoms with Crippen molar-refractivity contribution in [2.75, 3.05) is 46.5 Å². The maximum Gasteiger partial charge on any atom is 0.251 e. The van der Waals surface area contributed by atoms with Crippen LogP contribution in [0.15, 0.2) is 42.4 Å². The average Bonchev–Trinajstić information content (AvgIpc) is 3.62. The summed E-state index contributed by atoms with van der Waals surface area (Å²) in [5.41, 5.74) is 3.91. The molecule has 2 aliphatic rings. The largest absolute Gasteiger partial charge is 0.391 e. The van der Waals surface area contributed by atoms with Crippen LogP contribution in [0, 0.1) is 12.3 Å². The number of aliphatic hydroxyl groups is 1. The van der Waals surface area contributed by atoms with Crippen LogP contribution in [0.3, 0.4) is 0 Å². The summed E-state index contributed by atoms with van der Waals surface area (Å²) in [4.78, 5) is 49.5. The van der Waals surface area contributed by atoms with E-state index >= 15 is 0 Å². The monoisotopic (exact) mass is 613 g/mol. The van der Waals surface area contributed by atoms with Crippen LogP contribution in [0.5, 0.6) is 0 Å². The van der Waals surface area contributed by atoms with Gasteiger partial charge in [0.25, 0.3) is 5.91 Å². The molecule has 4 unspecified atom stereocenters. The zero-order valence-corrected chi connectivity index (χ0v) is 26.2. The molecule has 11 nitrogen and oxygen atoms in total. The highest BCUT2D eigenvalue weighted by Crippen LogP contribution is 2.29. The van der Waals surface area contributed by atoms with E-state index in [1.807, 2.05) is 36.7 Å². The summed E-state index contributed by atoms with van der Waals surface area (Å²) in [5.74, 6) is -1.22. The van der Waals surface area contributed by atoms with Gasteiger partial charge in [-0.2, -0.15) is 0 Å². The molecule has 0 aliphatic carbocycles. The highest BCUT2D eigenvalue weighted by Gasteiger charge is 2.45. The van der Waals surface area contributed by atoms with Gasteiger partial charge in [-0.15, -0.1) is 17.9 Å². The van der Waals surface area contributed by atoms with Crippen LogP contribution in [0.4, 0.5) is 0 Å². The number of carbonyl (C=O) groups is 3. The first-order valence-electron chi connectivity index (χ1n) is 14.6. The lowest BCUT2D eigenvalue weighted by atomic mass is 9.83. The van der Waals surface area contributed by atoms with Gasteiger partial charge in [-0.25, -0.2) is 4.98 Å². The second-order valence-electron chi connectivity index (χ2n) is 11.7. The van der Waals surface area contributed by atoms with E-state index in [0.29, 0.717) is 32.8 Å². The highest BCUT2D eigenvalue weighted by molar-refractivity contribution is 7.13. The third kappa shape index (κ3) is 8.07. The summed E-state index contributed by atoms with van der Waals surface area (Å²) in [6, 6.07) is 5.99. The van der Waals surface area contributed by atoms with Gasteiger partial charge in [0.1, 0.15) is 18.2 Å². The van der Waals surface area contributed by atoms with Crippen molar-refractivity contribution in [1.29, 1.82) is 0 Å². The van der Waals surface area contributed by atoms with Gasteiger partial charge >= 0.3 is 0 Å². The van der Waals surface area contributed by atoms with E-state index in [1.165, 1.54) is 4.90 Å². The molecular weight excluding hydrogens is 570 g/mol. The molecular formula is C31H43N5O6S. The van der Waals surface area contributed by atoms with Crippen molar-refractivity contribution in [2.45, 2.75) is 58.0 Å². The number of methoxy groups -OCH3 is 1. The smallest absolute Gasteiger partial charge is 0.251 e. The fourth-order valence-electron chi connectivity index (χ4n) is 5.34. The molecule has 0 saturated carbocycles. The van der Waals surface area contributed by atoms with Crippen molar-refractivity contribution in [3.8, 4) is 10.4 Å². The number of carbonyl (C=O) groups excluding carboxylic acids is 3. The van der Waals surface area contributed by atoms with E-state index in [9.17, 15) is 19.5 Å². The molecule has 2 saturated heterocycles. The number of rotatable bonds is 12. The lowest BCUT2D eigenvalue weighted by Crippen LogP contribution is -2.60. The molecule has 2 fully saturated rings. The minimum atomic E-state index is -1.02. The van der Waals surface area contributed by atoms with Gasteiger partial charge in [0, 0.05) is 51.7 Å². The van der Waals surface area contributed by atoms with Crippen molar-refractivity contribution in [1.82, 2.24) is 25.4 Å². The summed E-state index contributed by atoms with van der Waals surface area (Å²) in [5, 5.41) is 16.3. The third-order valence-corrected chi connectivity index (χ3v) is 9.13. The highest BCUT2D eigenvalue weighted by atomic mass is 32.1. The molecule has 2 aromatic rings. The number of thiazole rings is 1. The average molecular weight is 614 g/mol. The van der Waals surface area contributed by atoms with Crippen LogP contribution in [0.25, 0.3) is 10.4 Å². The van der Waals surface area contributed by atoms with E-state index in [0.717, 1.165) is 21.7 Å². The first-order chi connectivity index (χ1) is 20.5. The molecule has 3 amide bonds. The van der Waals surface area contributed by atoms with Gasteiger partial charge in [0.05, 0.1) is 35.4 Å². The molecule has 43 heavy (non-hydrogen) atoms. The molecule has 2 aliphatic heterocycles. The van der Waals surface area contributed by atoms with Crippen LogP contribution in [-0.4, -0.2) is 108 Å². The zero-order chi connectivity index (χ0) is 31.1. The lowest BCUT2D eigenvalue weighted by molar-refractivity contribution is -0.147. The number of amides is 3. The number of morpholine rings is 1. The fraction of sp³-hybridized carbons (Fsp3) is 0.548. The SMILES string of the molecule is C=CC(C)(C)C(NC(=O)C1CN(CCOC)CCO1)C(=O)N1CC(O)CC1C(=O)NCc1ccc(-c2scnc2C)cc1. The Hall–Kier alpha value is -3.16. The van der Waals surface area contributed by atoms with E-state index in [-0.39, 0.29) is 25.4 Å². The third-order valence-electron chi connectivity index (χ3n) is 8.15. The Labute approximate surface area is 257 Å². The Bertz CT molecular complexity index is 1280. The van der Waals surface area contributed by atoms with Gasteiger partial charge in [-0.05, 0) is 18.1 Å². The molecule has 3 N–H and O–H groups in total. The number of β-amino-alcohol motifs (C(OH)–C–C–N with tert-alkyl or cyclic N) is 1. The van der Waals surface area contributed by atoms with Crippen molar-refractivity contribution >= 4 is 29.1 Å². The summed E-state index contributed by atoms with van der Waals surface area (Å²) >= 11 is 1.58.